The van der Waals surface area contributed by atoms with Crippen molar-refractivity contribution in [1.29, 1.82) is 0 Å². The van der Waals surface area contributed by atoms with Crippen LogP contribution in [0.25, 0.3) is 10.9 Å². The van der Waals surface area contributed by atoms with Crippen molar-refractivity contribution in [3.8, 4) is 5.75 Å². The first-order chi connectivity index (χ1) is 10.2. The lowest BCUT2D eigenvalue weighted by molar-refractivity contribution is -0.0499. The molecule has 2 aromatic rings. The quantitative estimate of drug-likeness (QED) is 0.669. The molecule has 1 amide bonds. The van der Waals surface area contributed by atoms with Crippen molar-refractivity contribution < 1.29 is 30.6 Å². The molecule has 7 nitrogen and oxygen atoms in total. The summed E-state index contributed by atoms with van der Waals surface area (Å²) in [6.07, 6.45) is 1.17. The van der Waals surface area contributed by atoms with Gasteiger partial charge in [-0.1, -0.05) is 12.1 Å². The summed E-state index contributed by atoms with van der Waals surface area (Å²) < 4.78 is 63.3. The van der Waals surface area contributed by atoms with Crippen LogP contribution < -0.4 is 9.50 Å². The van der Waals surface area contributed by atoms with E-state index in [0.29, 0.717) is 0 Å². The number of carbonyl (C=O) groups is 1. The third-order valence-electron chi connectivity index (χ3n) is 2.49. The van der Waals surface area contributed by atoms with Gasteiger partial charge in [0.25, 0.3) is 5.91 Å². The molecule has 0 atom stereocenters. The van der Waals surface area contributed by atoms with Crippen LogP contribution in [-0.2, 0) is 10.1 Å². The number of alkyl halides is 3. The third kappa shape index (κ3) is 2.93. The Labute approximate surface area is 122 Å². The van der Waals surface area contributed by atoms with E-state index in [1.54, 1.807) is 0 Å². The van der Waals surface area contributed by atoms with E-state index in [4.69, 9.17) is 0 Å². The Morgan fingerprint density at radius 2 is 2.00 bits per heavy atom. The monoisotopic (exact) mass is 335 g/mol. The normalized spacial score (nSPS) is 12.2. The lowest BCUT2D eigenvalue weighted by Gasteiger charge is -2.11. The number of carbonyl (C=O) groups excluding carboxylic acids is 1. The van der Waals surface area contributed by atoms with Gasteiger partial charge in [-0.2, -0.15) is 21.6 Å². The first kappa shape index (κ1) is 15.9. The molecule has 0 saturated heterocycles. The number of aromatic nitrogens is 2. The maximum absolute atomic E-state index is 12.4. The van der Waals surface area contributed by atoms with Gasteiger partial charge >= 0.3 is 15.6 Å². The van der Waals surface area contributed by atoms with E-state index in [1.165, 1.54) is 25.4 Å². The molecule has 0 radical (unpaired) electrons. The molecule has 0 saturated carbocycles. The molecule has 22 heavy (non-hydrogen) atoms. The maximum atomic E-state index is 12.4. The summed E-state index contributed by atoms with van der Waals surface area (Å²) in [5.74, 6) is -1.67. The van der Waals surface area contributed by atoms with Crippen molar-refractivity contribution in [3.05, 3.63) is 30.2 Å². The van der Waals surface area contributed by atoms with Crippen LogP contribution in [0.15, 0.2) is 24.4 Å². The SMILES string of the molecule is CNC(=O)c1ncc2cccc(OS(=O)(=O)C(F)(F)F)c2n1. The van der Waals surface area contributed by atoms with Gasteiger partial charge in [0.1, 0.15) is 5.52 Å². The molecule has 1 aromatic heterocycles. The number of nitrogens with one attached hydrogen (secondary N) is 1. The molecule has 0 fully saturated rings. The second-order valence-corrected chi connectivity index (χ2v) is 5.49. The topological polar surface area (TPSA) is 98.2 Å². The Bertz CT molecular complexity index is 836. The van der Waals surface area contributed by atoms with Crippen molar-refractivity contribution in [2.75, 3.05) is 7.05 Å². The first-order valence-electron chi connectivity index (χ1n) is 5.64. The van der Waals surface area contributed by atoms with Crippen molar-refractivity contribution in [1.82, 2.24) is 15.3 Å². The second kappa shape index (κ2) is 5.40. The Balaban J connectivity index is 2.57. The third-order valence-corrected chi connectivity index (χ3v) is 3.45. The van der Waals surface area contributed by atoms with Crippen molar-refractivity contribution in [2.45, 2.75) is 5.51 Å². The number of hydrogen-bond donors (Lipinski definition) is 1. The first-order valence-corrected chi connectivity index (χ1v) is 7.05. The smallest absolute Gasteiger partial charge is 0.374 e. The zero-order valence-electron chi connectivity index (χ0n) is 10.9. The number of rotatable bonds is 3. The molecule has 0 unspecified atom stereocenters. The lowest BCUT2D eigenvalue weighted by Crippen LogP contribution is -2.28. The highest BCUT2D eigenvalue weighted by atomic mass is 32.2. The summed E-state index contributed by atoms with van der Waals surface area (Å²) in [4.78, 5) is 18.9. The number of fused-ring (bicyclic) bond motifs is 1. The van der Waals surface area contributed by atoms with Gasteiger partial charge in [0, 0.05) is 18.6 Å². The highest BCUT2D eigenvalue weighted by molar-refractivity contribution is 7.88. The summed E-state index contributed by atoms with van der Waals surface area (Å²) in [5, 5.41) is 2.45. The standard InChI is InChI=1S/C11H8F3N3O4S/c1-15-10(18)9-16-5-6-3-2-4-7(8(6)17-9)21-22(19,20)11(12,13)14/h2-5H,1H3,(H,15,18). The van der Waals surface area contributed by atoms with Gasteiger partial charge in [-0.3, -0.25) is 4.79 Å². The second-order valence-electron chi connectivity index (χ2n) is 3.95. The van der Waals surface area contributed by atoms with E-state index < -0.39 is 27.3 Å². The minimum Gasteiger partial charge on any atom is -0.374 e. The molecule has 0 aliphatic carbocycles. The van der Waals surface area contributed by atoms with E-state index >= 15 is 0 Å². The van der Waals surface area contributed by atoms with Crippen molar-refractivity contribution in [2.24, 2.45) is 0 Å². The van der Waals surface area contributed by atoms with Crippen molar-refractivity contribution >= 4 is 26.9 Å². The van der Waals surface area contributed by atoms with Crippen molar-refractivity contribution in [3.63, 3.8) is 0 Å². The minimum absolute atomic E-state index is 0.211. The highest BCUT2D eigenvalue weighted by Crippen LogP contribution is 2.30. The number of amides is 1. The molecule has 0 bridgehead atoms. The van der Waals surface area contributed by atoms with Crippen LogP contribution in [0.3, 0.4) is 0 Å². The van der Waals surface area contributed by atoms with Crippen LogP contribution in [-0.4, -0.2) is 36.8 Å². The van der Waals surface area contributed by atoms with Gasteiger partial charge in [-0.05, 0) is 6.07 Å². The van der Waals surface area contributed by atoms with Crippen LogP contribution in [0.1, 0.15) is 10.6 Å². The number of para-hydroxylation sites is 1. The van der Waals surface area contributed by atoms with Gasteiger partial charge < -0.3 is 9.50 Å². The fourth-order valence-corrected chi connectivity index (χ4v) is 1.95. The van der Waals surface area contributed by atoms with Crippen LogP contribution in [0.4, 0.5) is 13.2 Å². The van der Waals surface area contributed by atoms with E-state index in [9.17, 15) is 26.4 Å². The molecule has 2 rings (SSSR count). The van der Waals surface area contributed by atoms with Crippen LogP contribution in [0, 0.1) is 0 Å². The summed E-state index contributed by atoms with van der Waals surface area (Å²) in [6, 6.07) is 3.69. The predicted octanol–water partition coefficient (Wildman–Crippen LogP) is 1.22. The van der Waals surface area contributed by atoms with E-state index in [2.05, 4.69) is 19.5 Å². The molecule has 11 heteroatoms. The maximum Gasteiger partial charge on any atom is 0.534 e. The zero-order chi connectivity index (χ0) is 16.5. The average Bonchev–Trinajstić information content (AvgIpc) is 2.45. The lowest BCUT2D eigenvalue weighted by atomic mass is 10.2. The molecule has 1 N–H and O–H groups in total. The van der Waals surface area contributed by atoms with Crippen LogP contribution in [0.5, 0.6) is 5.75 Å². The average molecular weight is 335 g/mol. The number of halogens is 3. The summed E-state index contributed by atoms with van der Waals surface area (Å²) >= 11 is 0. The molecule has 0 aliphatic rings. The molecule has 0 spiro atoms. The molecule has 0 aliphatic heterocycles. The summed E-state index contributed by atoms with van der Waals surface area (Å²) in [7, 11) is -4.53. The summed E-state index contributed by atoms with van der Waals surface area (Å²) in [6.45, 7) is 0. The fourth-order valence-electron chi connectivity index (χ4n) is 1.48. The Morgan fingerprint density at radius 1 is 1.32 bits per heavy atom. The van der Waals surface area contributed by atoms with Gasteiger partial charge in [-0.25, -0.2) is 9.97 Å². The Hall–Kier alpha value is -2.43. The highest BCUT2D eigenvalue weighted by Gasteiger charge is 2.48. The number of benzene rings is 1. The number of hydrogen-bond acceptors (Lipinski definition) is 6. The van der Waals surface area contributed by atoms with E-state index in [0.717, 1.165) is 6.07 Å². The molecule has 1 heterocycles. The van der Waals surface area contributed by atoms with Crippen LogP contribution >= 0.6 is 0 Å². The van der Waals surface area contributed by atoms with Gasteiger partial charge in [0.05, 0.1) is 0 Å². The Kier molecular flexibility index (Phi) is 3.92. The summed E-state index contributed by atoms with van der Waals surface area (Å²) in [5.41, 5.74) is -5.81. The van der Waals surface area contributed by atoms with E-state index in [-0.39, 0.29) is 16.7 Å². The van der Waals surface area contributed by atoms with E-state index in [1.807, 2.05) is 0 Å². The van der Waals surface area contributed by atoms with Gasteiger partial charge in [0.2, 0.25) is 5.82 Å². The minimum atomic E-state index is -5.84. The predicted molar refractivity (Wildman–Crippen MR) is 68.5 cm³/mol. The largest absolute Gasteiger partial charge is 0.534 e. The van der Waals surface area contributed by atoms with Gasteiger partial charge in [0.15, 0.2) is 5.75 Å². The van der Waals surface area contributed by atoms with Crippen LogP contribution in [0.2, 0.25) is 0 Å². The molecule has 1 aromatic carbocycles. The fraction of sp³-hybridized carbons (Fsp3) is 0.182. The zero-order valence-corrected chi connectivity index (χ0v) is 11.7. The molecular weight excluding hydrogens is 327 g/mol. The van der Waals surface area contributed by atoms with Gasteiger partial charge in [-0.15, -0.1) is 0 Å². The molecular formula is C11H8F3N3O4S. The Morgan fingerprint density at radius 3 is 2.59 bits per heavy atom. The number of nitrogens with zero attached hydrogens (tertiary/aromatic N) is 2. The molecule has 118 valence electrons.